The summed E-state index contributed by atoms with van der Waals surface area (Å²) in [5.74, 6) is -1.70. The topological polar surface area (TPSA) is 94.8 Å². The summed E-state index contributed by atoms with van der Waals surface area (Å²) in [5, 5.41) is 28.6. The van der Waals surface area contributed by atoms with E-state index in [9.17, 15) is 24.9 Å². The third kappa shape index (κ3) is 3.30. The van der Waals surface area contributed by atoms with Gasteiger partial charge in [0.15, 0.2) is 11.6 Å². The van der Waals surface area contributed by atoms with Crippen LogP contribution in [0.1, 0.15) is 47.9 Å². The van der Waals surface area contributed by atoms with Gasteiger partial charge in [0.25, 0.3) is 0 Å². The summed E-state index contributed by atoms with van der Waals surface area (Å²) in [4.78, 5) is 23.1. The smallest absolute Gasteiger partial charge is 0.169 e. The summed E-state index contributed by atoms with van der Waals surface area (Å²) in [7, 11) is 0. The quantitative estimate of drug-likeness (QED) is 0.708. The molecule has 0 saturated carbocycles. The number of phenols is 2. The van der Waals surface area contributed by atoms with Crippen molar-refractivity contribution in [2.45, 2.75) is 32.8 Å². The van der Waals surface area contributed by atoms with Crippen molar-refractivity contribution in [3.8, 4) is 11.5 Å². The molecular weight excluding hydrogens is 236 g/mol. The molecular formula is C13H16O5. The van der Waals surface area contributed by atoms with Gasteiger partial charge in [0.05, 0.1) is 16.7 Å². The second-order valence-electron chi connectivity index (χ2n) is 4.86. The Hall–Kier alpha value is -1.88. The van der Waals surface area contributed by atoms with Crippen molar-refractivity contribution >= 4 is 11.6 Å². The molecule has 0 atom stereocenters. The van der Waals surface area contributed by atoms with Gasteiger partial charge in [-0.15, -0.1) is 0 Å². The highest BCUT2D eigenvalue weighted by molar-refractivity contribution is 6.04. The molecule has 18 heavy (non-hydrogen) atoms. The second kappa shape index (κ2) is 4.78. The molecule has 0 unspecified atom stereocenters. The van der Waals surface area contributed by atoms with Crippen molar-refractivity contribution < 1.29 is 24.9 Å². The van der Waals surface area contributed by atoms with E-state index in [1.165, 1.54) is 20.8 Å². The van der Waals surface area contributed by atoms with Gasteiger partial charge in [-0.1, -0.05) is 0 Å². The lowest BCUT2D eigenvalue weighted by molar-refractivity contribution is 0.0586. The number of rotatable bonds is 4. The molecule has 0 aromatic heterocycles. The van der Waals surface area contributed by atoms with Gasteiger partial charge in [0.2, 0.25) is 0 Å². The normalized spacial score (nSPS) is 11.3. The van der Waals surface area contributed by atoms with Gasteiger partial charge in [-0.2, -0.15) is 0 Å². The molecule has 0 amide bonds. The van der Waals surface area contributed by atoms with Crippen molar-refractivity contribution in [2.75, 3.05) is 0 Å². The number of hydrogen-bond donors (Lipinski definition) is 3. The number of benzene rings is 1. The predicted octanol–water partition coefficient (Wildman–Crippen LogP) is 1.64. The minimum absolute atomic E-state index is 0.0353. The first-order chi connectivity index (χ1) is 8.11. The van der Waals surface area contributed by atoms with E-state index < -0.39 is 22.9 Å². The molecule has 1 aromatic rings. The van der Waals surface area contributed by atoms with E-state index in [-0.39, 0.29) is 23.3 Å². The minimum atomic E-state index is -1.21. The van der Waals surface area contributed by atoms with E-state index in [1.54, 1.807) is 0 Å². The number of hydrogen-bond acceptors (Lipinski definition) is 5. The molecule has 5 heteroatoms. The van der Waals surface area contributed by atoms with E-state index in [1.807, 2.05) is 0 Å². The van der Waals surface area contributed by atoms with E-state index in [0.717, 1.165) is 12.1 Å². The molecule has 0 aliphatic heterocycles. The number of phenolic OH excluding ortho intramolecular Hbond substituents is 2. The zero-order valence-electron chi connectivity index (χ0n) is 10.5. The van der Waals surface area contributed by atoms with Gasteiger partial charge >= 0.3 is 0 Å². The van der Waals surface area contributed by atoms with Gasteiger partial charge in [-0.3, -0.25) is 9.59 Å². The van der Waals surface area contributed by atoms with Crippen molar-refractivity contribution in [3.05, 3.63) is 23.3 Å². The second-order valence-corrected chi connectivity index (χ2v) is 4.86. The lowest BCUT2D eigenvalue weighted by Crippen LogP contribution is -2.23. The molecule has 0 saturated heterocycles. The summed E-state index contributed by atoms with van der Waals surface area (Å²) < 4.78 is 0. The highest BCUT2D eigenvalue weighted by atomic mass is 16.3. The molecule has 0 heterocycles. The minimum Gasteiger partial charge on any atom is -0.507 e. The summed E-state index contributed by atoms with van der Waals surface area (Å²) >= 11 is 0. The van der Waals surface area contributed by atoms with Gasteiger partial charge in [0, 0.05) is 12.5 Å². The zero-order valence-corrected chi connectivity index (χ0v) is 10.5. The van der Waals surface area contributed by atoms with Gasteiger partial charge in [0.1, 0.15) is 11.5 Å². The molecule has 0 aliphatic rings. The van der Waals surface area contributed by atoms with Crippen molar-refractivity contribution in [2.24, 2.45) is 0 Å². The fourth-order valence-electron chi connectivity index (χ4n) is 1.57. The van der Waals surface area contributed by atoms with Gasteiger partial charge in [-0.05, 0) is 26.8 Å². The monoisotopic (exact) mass is 252 g/mol. The first-order valence-corrected chi connectivity index (χ1v) is 5.44. The average Bonchev–Trinajstić information content (AvgIpc) is 2.13. The summed E-state index contributed by atoms with van der Waals surface area (Å²) in [6, 6.07) is 2.09. The largest absolute Gasteiger partial charge is 0.507 e. The maximum absolute atomic E-state index is 11.9. The molecule has 0 aliphatic carbocycles. The molecule has 0 radical (unpaired) electrons. The Morgan fingerprint density at radius 2 is 1.61 bits per heavy atom. The van der Waals surface area contributed by atoms with Crippen LogP contribution >= 0.6 is 0 Å². The maximum atomic E-state index is 11.9. The number of ketones is 2. The Morgan fingerprint density at radius 1 is 1.11 bits per heavy atom. The molecule has 5 nitrogen and oxygen atoms in total. The van der Waals surface area contributed by atoms with Crippen LogP contribution in [0.3, 0.4) is 0 Å². The molecule has 1 rings (SSSR count). The lowest BCUT2D eigenvalue weighted by Gasteiger charge is -2.16. The number of aliphatic hydroxyl groups is 1. The summed E-state index contributed by atoms with van der Waals surface area (Å²) in [6.45, 7) is 4.18. The lowest BCUT2D eigenvalue weighted by atomic mass is 9.95. The summed E-state index contributed by atoms with van der Waals surface area (Å²) in [6.07, 6.45) is -0.192. The van der Waals surface area contributed by atoms with Crippen LogP contribution in [0.25, 0.3) is 0 Å². The van der Waals surface area contributed by atoms with Crippen molar-refractivity contribution in [1.82, 2.24) is 0 Å². The molecule has 0 fully saturated rings. The molecule has 98 valence electrons. The first-order valence-electron chi connectivity index (χ1n) is 5.44. The third-order valence-electron chi connectivity index (χ3n) is 2.39. The van der Waals surface area contributed by atoms with Crippen LogP contribution in [-0.4, -0.2) is 32.5 Å². The predicted molar refractivity (Wildman–Crippen MR) is 65.0 cm³/mol. The highest BCUT2D eigenvalue weighted by Crippen LogP contribution is 2.29. The third-order valence-corrected chi connectivity index (χ3v) is 2.39. The molecule has 0 spiro atoms. The maximum Gasteiger partial charge on any atom is 0.169 e. The van der Waals surface area contributed by atoms with E-state index in [4.69, 9.17) is 0 Å². The molecule has 1 aromatic carbocycles. The van der Waals surface area contributed by atoms with Crippen LogP contribution in [0.4, 0.5) is 0 Å². The fourth-order valence-corrected chi connectivity index (χ4v) is 1.57. The highest BCUT2D eigenvalue weighted by Gasteiger charge is 2.23. The van der Waals surface area contributed by atoms with Crippen LogP contribution in [0.5, 0.6) is 11.5 Å². The van der Waals surface area contributed by atoms with Crippen LogP contribution in [0, 0.1) is 0 Å². The Kier molecular flexibility index (Phi) is 3.76. The van der Waals surface area contributed by atoms with E-state index in [0.29, 0.717) is 0 Å². The number of carbonyl (C=O) groups excluding carboxylic acids is 2. The Morgan fingerprint density at radius 3 is 2.06 bits per heavy atom. The Labute approximate surface area is 105 Å². The SMILES string of the molecule is CC(=O)c1cc(C(=O)CC(C)(C)O)c(O)cc1O. The first kappa shape index (κ1) is 14.2. The molecule has 0 bridgehead atoms. The molecule has 3 N–H and O–H groups in total. The standard InChI is InChI=1S/C13H16O5/c1-7(14)8-4-9(11(16)5-10(8)15)12(17)6-13(2,3)18/h4-5,15-16,18H,6H2,1-3H3. The fraction of sp³-hybridized carbons (Fsp3) is 0.385. The van der Waals surface area contributed by atoms with Crippen LogP contribution in [-0.2, 0) is 0 Å². The zero-order chi connectivity index (χ0) is 14.1. The van der Waals surface area contributed by atoms with Crippen LogP contribution in [0.15, 0.2) is 12.1 Å². The average molecular weight is 252 g/mol. The van der Waals surface area contributed by atoms with Gasteiger partial charge in [-0.25, -0.2) is 0 Å². The van der Waals surface area contributed by atoms with Crippen LogP contribution in [0.2, 0.25) is 0 Å². The number of Topliss-reactive ketones (excluding diaryl/α,β-unsaturated/α-hetero) is 2. The van der Waals surface area contributed by atoms with Crippen molar-refractivity contribution in [3.63, 3.8) is 0 Å². The van der Waals surface area contributed by atoms with E-state index >= 15 is 0 Å². The Bertz CT molecular complexity index is 497. The summed E-state index contributed by atoms with van der Waals surface area (Å²) in [5.41, 5.74) is -1.33. The van der Waals surface area contributed by atoms with Crippen LogP contribution < -0.4 is 0 Å². The van der Waals surface area contributed by atoms with E-state index in [2.05, 4.69) is 0 Å². The number of carbonyl (C=O) groups is 2. The number of aromatic hydroxyl groups is 2. The van der Waals surface area contributed by atoms with Gasteiger partial charge < -0.3 is 15.3 Å². The van der Waals surface area contributed by atoms with Crippen molar-refractivity contribution in [1.29, 1.82) is 0 Å². The Balaban J connectivity index is 3.21.